The molecule has 1 atom stereocenters. The molecule has 23 heavy (non-hydrogen) atoms. The summed E-state index contributed by atoms with van der Waals surface area (Å²) in [5.74, 6) is -2.00. The number of ether oxygens (including phenoxy) is 1. The lowest BCUT2D eigenvalue weighted by atomic mass is 10.0. The van der Waals surface area contributed by atoms with Crippen LogP contribution in [0.3, 0.4) is 0 Å². The van der Waals surface area contributed by atoms with Crippen LogP contribution in [-0.2, 0) is 20.7 Å². The fourth-order valence-corrected chi connectivity index (χ4v) is 1.93. The maximum absolute atomic E-state index is 12.2. The van der Waals surface area contributed by atoms with Crippen molar-refractivity contribution in [3.8, 4) is 5.75 Å². The Kier molecular flexibility index (Phi) is 5.73. The minimum Gasteiger partial charge on any atom is -0.508 e. The van der Waals surface area contributed by atoms with Crippen molar-refractivity contribution < 1.29 is 29.3 Å². The summed E-state index contributed by atoms with van der Waals surface area (Å²) in [6.07, 6.45) is -1.09. The van der Waals surface area contributed by atoms with E-state index in [0.717, 1.165) is 6.92 Å². The van der Waals surface area contributed by atoms with Crippen molar-refractivity contribution in [3.05, 3.63) is 29.8 Å². The Morgan fingerprint density at radius 1 is 1.17 bits per heavy atom. The van der Waals surface area contributed by atoms with Gasteiger partial charge >= 0.3 is 12.1 Å². The molecule has 0 saturated heterocycles. The van der Waals surface area contributed by atoms with Crippen LogP contribution in [0.2, 0.25) is 0 Å². The number of hydrogen-bond donors (Lipinski definition) is 2. The number of nitrogens with zero attached hydrogens (tertiary/aromatic N) is 1. The highest BCUT2D eigenvalue weighted by molar-refractivity contribution is 5.95. The predicted octanol–water partition coefficient (Wildman–Crippen LogP) is 2.17. The molecule has 0 radical (unpaired) electrons. The Balaban J connectivity index is 3.07. The van der Waals surface area contributed by atoms with Crippen molar-refractivity contribution in [1.29, 1.82) is 0 Å². The van der Waals surface area contributed by atoms with E-state index in [2.05, 4.69) is 0 Å². The summed E-state index contributed by atoms with van der Waals surface area (Å²) in [4.78, 5) is 36.1. The third-order valence-corrected chi connectivity index (χ3v) is 2.89. The van der Waals surface area contributed by atoms with Crippen LogP contribution in [0.15, 0.2) is 24.3 Å². The number of carbonyl (C=O) groups is 3. The normalized spacial score (nSPS) is 12.3. The van der Waals surface area contributed by atoms with E-state index in [1.165, 1.54) is 24.3 Å². The van der Waals surface area contributed by atoms with Crippen LogP contribution >= 0.6 is 0 Å². The Morgan fingerprint density at radius 2 is 1.70 bits per heavy atom. The molecule has 0 bridgehead atoms. The molecular weight excluding hydrogens is 302 g/mol. The fourth-order valence-electron chi connectivity index (χ4n) is 1.93. The quantitative estimate of drug-likeness (QED) is 0.880. The van der Waals surface area contributed by atoms with Gasteiger partial charge in [0, 0.05) is 13.3 Å². The number of hydrogen-bond acceptors (Lipinski definition) is 5. The molecule has 0 fully saturated rings. The molecule has 0 heterocycles. The Morgan fingerprint density at radius 3 is 2.09 bits per heavy atom. The van der Waals surface area contributed by atoms with Gasteiger partial charge in [-0.25, -0.2) is 14.5 Å². The van der Waals surface area contributed by atoms with Crippen LogP contribution in [-0.4, -0.2) is 44.7 Å². The lowest BCUT2D eigenvalue weighted by Crippen LogP contribution is -2.50. The molecule has 1 rings (SSSR count). The van der Waals surface area contributed by atoms with E-state index in [4.69, 9.17) is 4.74 Å². The highest BCUT2D eigenvalue weighted by atomic mass is 16.6. The molecule has 1 aromatic rings. The van der Waals surface area contributed by atoms with Gasteiger partial charge in [-0.1, -0.05) is 12.1 Å². The molecule has 0 spiro atoms. The van der Waals surface area contributed by atoms with Crippen LogP contribution in [0.25, 0.3) is 0 Å². The molecule has 0 saturated carbocycles. The second-order valence-electron chi connectivity index (χ2n) is 6.09. The standard InChI is InChI=1S/C16H21NO6/c1-10(18)17(15(22)23-16(2,3)4)13(14(20)21)9-11-5-7-12(19)8-6-11/h5-8,13,19H,9H2,1-4H3,(H,20,21)/t13-/m1/s1. The zero-order valence-corrected chi connectivity index (χ0v) is 13.6. The second-order valence-corrected chi connectivity index (χ2v) is 6.09. The number of aromatic hydroxyl groups is 1. The van der Waals surface area contributed by atoms with Crippen LogP contribution in [0.5, 0.6) is 5.75 Å². The van der Waals surface area contributed by atoms with Crippen LogP contribution in [0.1, 0.15) is 33.3 Å². The topological polar surface area (TPSA) is 104 Å². The van der Waals surface area contributed by atoms with Gasteiger partial charge in [-0.15, -0.1) is 0 Å². The summed E-state index contributed by atoms with van der Waals surface area (Å²) in [5, 5.41) is 18.7. The Labute approximate surface area is 134 Å². The lowest BCUT2D eigenvalue weighted by Gasteiger charge is -2.29. The Hall–Kier alpha value is -2.57. The molecule has 126 valence electrons. The van der Waals surface area contributed by atoms with Gasteiger partial charge in [0.05, 0.1) is 0 Å². The number of carboxylic acids is 1. The number of carboxylic acid groups (broad SMARTS) is 1. The third kappa shape index (κ3) is 5.61. The van der Waals surface area contributed by atoms with Crippen LogP contribution in [0.4, 0.5) is 4.79 Å². The van der Waals surface area contributed by atoms with E-state index in [1.54, 1.807) is 20.8 Å². The predicted molar refractivity (Wildman–Crippen MR) is 82.0 cm³/mol. The minimum absolute atomic E-state index is 0.0381. The molecule has 7 heteroatoms. The van der Waals surface area contributed by atoms with Crippen molar-refractivity contribution in [3.63, 3.8) is 0 Å². The largest absolute Gasteiger partial charge is 0.508 e. The summed E-state index contributed by atoms with van der Waals surface area (Å²) < 4.78 is 5.11. The summed E-state index contributed by atoms with van der Waals surface area (Å²) in [6, 6.07) is 4.46. The highest BCUT2D eigenvalue weighted by Gasteiger charge is 2.36. The molecule has 0 aliphatic heterocycles. The van der Waals surface area contributed by atoms with Crippen molar-refractivity contribution >= 4 is 18.0 Å². The molecule has 0 aliphatic carbocycles. The second kappa shape index (κ2) is 7.13. The smallest absolute Gasteiger partial charge is 0.417 e. The third-order valence-electron chi connectivity index (χ3n) is 2.89. The van der Waals surface area contributed by atoms with Gasteiger partial charge in [0.15, 0.2) is 0 Å². The van der Waals surface area contributed by atoms with E-state index >= 15 is 0 Å². The average molecular weight is 323 g/mol. The van der Waals surface area contributed by atoms with Gasteiger partial charge in [0.1, 0.15) is 17.4 Å². The van der Waals surface area contributed by atoms with Gasteiger partial charge in [0.25, 0.3) is 0 Å². The van der Waals surface area contributed by atoms with E-state index in [-0.39, 0.29) is 12.2 Å². The number of amides is 2. The monoisotopic (exact) mass is 323 g/mol. The SMILES string of the molecule is CC(=O)N(C(=O)OC(C)(C)C)[C@H](Cc1ccc(O)cc1)C(=O)O. The summed E-state index contributed by atoms with van der Waals surface area (Å²) in [7, 11) is 0. The lowest BCUT2D eigenvalue weighted by molar-refractivity contribution is -0.148. The van der Waals surface area contributed by atoms with Crippen molar-refractivity contribution in [2.45, 2.75) is 45.8 Å². The first-order valence-corrected chi connectivity index (χ1v) is 7.05. The van der Waals surface area contributed by atoms with Gasteiger partial charge in [-0.3, -0.25) is 4.79 Å². The van der Waals surface area contributed by atoms with Gasteiger partial charge in [-0.05, 0) is 38.5 Å². The molecule has 1 aromatic carbocycles. The minimum atomic E-state index is -1.40. The number of phenols is 1. The first-order chi connectivity index (χ1) is 10.5. The Bertz CT molecular complexity index is 588. The maximum atomic E-state index is 12.2. The zero-order chi connectivity index (χ0) is 17.8. The molecule has 7 nitrogen and oxygen atoms in total. The summed E-state index contributed by atoms with van der Waals surface area (Å²) >= 11 is 0. The number of aliphatic carboxylic acids is 1. The summed E-state index contributed by atoms with van der Waals surface area (Å²) in [6.45, 7) is 5.98. The molecule has 0 aliphatic rings. The first kappa shape index (κ1) is 18.5. The number of benzene rings is 1. The van der Waals surface area contributed by atoms with Crippen LogP contribution in [0, 0.1) is 0 Å². The van der Waals surface area contributed by atoms with Crippen molar-refractivity contribution in [2.75, 3.05) is 0 Å². The number of imide groups is 1. The zero-order valence-electron chi connectivity index (χ0n) is 13.6. The maximum Gasteiger partial charge on any atom is 0.417 e. The van der Waals surface area contributed by atoms with E-state index < -0.39 is 29.6 Å². The average Bonchev–Trinajstić information content (AvgIpc) is 2.37. The molecular formula is C16H21NO6. The van der Waals surface area contributed by atoms with Gasteiger partial charge in [-0.2, -0.15) is 0 Å². The van der Waals surface area contributed by atoms with Gasteiger partial charge in [0.2, 0.25) is 5.91 Å². The molecule has 0 aromatic heterocycles. The van der Waals surface area contributed by atoms with Crippen LogP contribution < -0.4 is 0 Å². The number of rotatable bonds is 4. The van der Waals surface area contributed by atoms with Gasteiger partial charge < -0.3 is 14.9 Å². The molecule has 0 unspecified atom stereocenters. The van der Waals surface area contributed by atoms with Crippen molar-refractivity contribution in [2.24, 2.45) is 0 Å². The first-order valence-electron chi connectivity index (χ1n) is 7.05. The number of carbonyl (C=O) groups excluding carboxylic acids is 2. The van der Waals surface area contributed by atoms with E-state index in [1.807, 2.05) is 0 Å². The number of phenolic OH excluding ortho intramolecular Hbond substituents is 1. The molecule has 2 amide bonds. The fraction of sp³-hybridized carbons (Fsp3) is 0.438. The van der Waals surface area contributed by atoms with E-state index in [0.29, 0.717) is 10.5 Å². The highest BCUT2D eigenvalue weighted by Crippen LogP contribution is 2.17. The van der Waals surface area contributed by atoms with E-state index in [9.17, 15) is 24.6 Å². The molecule has 2 N–H and O–H groups in total. The van der Waals surface area contributed by atoms with Crippen molar-refractivity contribution in [1.82, 2.24) is 4.90 Å². The summed E-state index contributed by atoms with van der Waals surface area (Å²) in [5.41, 5.74) is -0.295.